The van der Waals surface area contributed by atoms with Crippen LogP contribution < -0.4 is 9.47 Å². The molecule has 6 heteroatoms. The molecule has 0 amide bonds. The molecule has 0 saturated heterocycles. The molecule has 0 saturated carbocycles. The normalized spacial score (nSPS) is 10.1. The summed E-state index contributed by atoms with van der Waals surface area (Å²) in [7, 11) is 1.59. The Morgan fingerprint density at radius 2 is 1.80 bits per heavy atom. The molecule has 0 spiro atoms. The average Bonchev–Trinajstić information content (AvgIpc) is 2.46. The van der Waals surface area contributed by atoms with Crippen molar-refractivity contribution >= 4 is 21.6 Å². The van der Waals surface area contributed by atoms with Gasteiger partial charge in [0.1, 0.15) is 18.1 Å². The van der Waals surface area contributed by atoms with E-state index in [0.717, 1.165) is 11.3 Å². The number of nitro groups is 1. The van der Waals surface area contributed by atoms with Crippen molar-refractivity contribution in [3.8, 4) is 11.5 Å². The summed E-state index contributed by atoms with van der Waals surface area (Å²) in [5, 5.41) is 10.8. The largest absolute Gasteiger partial charge is 0.497 e. The highest BCUT2D eigenvalue weighted by molar-refractivity contribution is 9.10. The molecule has 0 bridgehead atoms. The van der Waals surface area contributed by atoms with Crippen LogP contribution in [0.25, 0.3) is 0 Å². The van der Waals surface area contributed by atoms with Crippen LogP contribution in [0.2, 0.25) is 0 Å². The van der Waals surface area contributed by atoms with Gasteiger partial charge < -0.3 is 9.47 Å². The Balaban J connectivity index is 2.06. The fourth-order valence-electron chi connectivity index (χ4n) is 1.63. The summed E-state index contributed by atoms with van der Waals surface area (Å²) < 4.78 is 11.1. The van der Waals surface area contributed by atoms with Crippen molar-refractivity contribution in [1.82, 2.24) is 0 Å². The predicted molar refractivity (Wildman–Crippen MR) is 78.1 cm³/mol. The van der Waals surface area contributed by atoms with Crippen LogP contribution in [0.3, 0.4) is 0 Å². The van der Waals surface area contributed by atoms with E-state index in [-0.39, 0.29) is 12.3 Å². The molecule has 2 rings (SSSR count). The van der Waals surface area contributed by atoms with Gasteiger partial charge in [0.25, 0.3) is 5.69 Å². The van der Waals surface area contributed by atoms with Gasteiger partial charge in [0.15, 0.2) is 0 Å². The smallest absolute Gasteiger partial charge is 0.283 e. The van der Waals surface area contributed by atoms with E-state index in [1.165, 1.54) is 6.07 Å². The van der Waals surface area contributed by atoms with Gasteiger partial charge in [-0.05, 0) is 51.8 Å². The molecule has 0 aromatic heterocycles. The Hall–Kier alpha value is -2.08. The average molecular weight is 338 g/mol. The highest BCUT2D eigenvalue weighted by Gasteiger charge is 2.12. The third kappa shape index (κ3) is 3.48. The summed E-state index contributed by atoms with van der Waals surface area (Å²) in [6, 6.07) is 12.1. The third-order valence-corrected chi connectivity index (χ3v) is 3.34. The fourth-order valence-corrected chi connectivity index (χ4v) is 2.02. The first kappa shape index (κ1) is 14.3. The van der Waals surface area contributed by atoms with Crippen molar-refractivity contribution in [2.75, 3.05) is 7.11 Å². The summed E-state index contributed by atoms with van der Waals surface area (Å²) in [5.41, 5.74) is 0.761. The van der Waals surface area contributed by atoms with Gasteiger partial charge in [-0.15, -0.1) is 0 Å². The lowest BCUT2D eigenvalue weighted by atomic mass is 10.2. The van der Waals surface area contributed by atoms with E-state index in [4.69, 9.17) is 9.47 Å². The highest BCUT2D eigenvalue weighted by Crippen LogP contribution is 2.26. The Morgan fingerprint density at radius 1 is 1.15 bits per heavy atom. The molecule has 20 heavy (non-hydrogen) atoms. The predicted octanol–water partition coefficient (Wildman–Crippen LogP) is 3.94. The molecule has 0 unspecified atom stereocenters. The number of ether oxygens (including phenoxy) is 2. The molecule has 0 radical (unpaired) electrons. The second-order valence-electron chi connectivity index (χ2n) is 4.01. The SMILES string of the molecule is COc1ccc(OCc2ccc(Br)c([N+](=O)[O-])c2)cc1. The molecule has 0 fully saturated rings. The topological polar surface area (TPSA) is 61.6 Å². The van der Waals surface area contributed by atoms with Gasteiger partial charge in [-0.3, -0.25) is 10.1 Å². The van der Waals surface area contributed by atoms with Crippen LogP contribution in [0, 0.1) is 10.1 Å². The zero-order valence-electron chi connectivity index (χ0n) is 10.7. The van der Waals surface area contributed by atoms with Gasteiger partial charge in [0.2, 0.25) is 0 Å². The van der Waals surface area contributed by atoms with E-state index in [1.807, 2.05) is 0 Å². The van der Waals surface area contributed by atoms with Gasteiger partial charge in [0, 0.05) is 6.07 Å². The van der Waals surface area contributed by atoms with Gasteiger partial charge in [-0.25, -0.2) is 0 Å². The van der Waals surface area contributed by atoms with E-state index in [0.29, 0.717) is 10.2 Å². The van der Waals surface area contributed by atoms with E-state index < -0.39 is 4.92 Å². The minimum absolute atomic E-state index is 0.0285. The maximum Gasteiger partial charge on any atom is 0.283 e. The minimum Gasteiger partial charge on any atom is -0.497 e. The van der Waals surface area contributed by atoms with E-state index in [2.05, 4.69) is 15.9 Å². The summed E-state index contributed by atoms with van der Waals surface area (Å²) in [6.45, 7) is 0.264. The molecule has 2 aromatic carbocycles. The number of nitro benzene ring substituents is 1. The lowest BCUT2D eigenvalue weighted by Gasteiger charge is -2.07. The summed E-state index contributed by atoms with van der Waals surface area (Å²) in [4.78, 5) is 10.4. The van der Waals surface area contributed by atoms with Crippen molar-refractivity contribution < 1.29 is 14.4 Å². The maximum atomic E-state index is 10.8. The maximum absolute atomic E-state index is 10.8. The number of benzene rings is 2. The number of hydrogen-bond acceptors (Lipinski definition) is 4. The Morgan fingerprint density at radius 3 is 2.40 bits per heavy atom. The van der Waals surface area contributed by atoms with Gasteiger partial charge in [-0.2, -0.15) is 0 Å². The molecule has 2 aromatic rings. The fraction of sp³-hybridized carbons (Fsp3) is 0.143. The zero-order valence-corrected chi connectivity index (χ0v) is 12.3. The molecular weight excluding hydrogens is 326 g/mol. The molecule has 5 nitrogen and oxygen atoms in total. The third-order valence-electron chi connectivity index (χ3n) is 2.67. The van der Waals surface area contributed by atoms with Gasteiger partial charge in [0.05, 0.1) is 16.5 Å². The first-order valence-electron chi connectivity index (χ1n) is 5.80. The Bertz CT molecular complexity index is 613. The summed E-state index contributed by atoms with van der Waals surface area (Å²) in [6.07, 6.45) is 0. The molecule has 104 valence electrons. The van der Waals surface area contributed by atoms with Crippen LogP contribution in [0.1, 0.15) is 5.56 Å². The van der Waals surface area contributed by atoms with Crippen LogP contribution in [0.15, 0.2) is 46.9 Å². The Kier molecular flexibility index (Phi) is 4.57. The highest BCUT2D eigenvalue weighted by atomic mass is 79.9. The summed E-state index contributed by atoms with van der Waals surface area (Å²) >= 11 is 3.15. The van der Waals surface area contributed by atoms with E-state index in [9.17, 15) is 10.1 Å². The zero-order chi connectivity index (χ0) is 14.5. The first-order valence-corrected chi connectivity index (χ1v) is 6.59. The number of hydrogen-bond donors (Lipinski definition) is 0. The van der Waals surface area contributed by atoms with Crippen LogP contribution in [0.4, 0.5) is 5.69 Å². The quantitative estimate of drug-likeness (QED) is 0.612. The van der Waals surface area contributed by atoms with E-state index >= 15 is 0 Å². The molecule has 0 aliphatic rings. The second-order valence-corrected chi connectivity index (χ2v) is 4.86. The molecule has 0 N–H and O–H groups in total. The van der Waals surface area contributed by atoms with Crippen LogP contribution in [-0.2, 0) is 6.61 Å². The number of nitrogens with zero attached hydrogens (tertiary/aromatic N) is 1. The standard InChI is InChI=1S/C14H12BrNO4/c1-19-11-3-5-12(6-4-11)20-9-10-2-7-13(15)14(8-10)16(17)18/h2-8H,9H2,1H3. The van der Waals surface area contributed by atoms with E-state index in [1.54, 1.807) is 43.5 Å². The molecular formula is C14H12BrNO4. The molecule has 0 aliphatic carbocycles. The van der Waals surface area contributed by atoms with Crippen molar-refractivity contribution in [3.63, 3.8) is 0 Å². The number of halogens is 1. The Labute approximate surface area is 124 Å². The van der Waals surface area contributed by atoms with Crippen molar-refractivity contribution in [1.29, 1.82) is 0 Å². The van der Waals surface area contributed by atoms with Crippen molar-refractivity contribution in [2.45, 2.75) is 6.61 Å². The van der Waals surface area contributed by atoms with Crippen molar-refractivity contribution in [3.05, 3.63) is 62.6 Å². The van der Waals surface area contributed by atoms with Crippen LogP contribution in [0.5, 0.6) is 11.5 Å². The van der Waals surface area contributed by atoms with Crippen LogP contribution >= 0.6 is 15.9 Å². The molecule has 0 aliphatic heterocycles. The van der Waals surface area contributed by atoms with Gasteiger partial charge >= 0.3 is 0 Å². The summed E-state index contributed by atoms with van der Waals surface area (Å²) in [5.74, 6) is 1.42. The lowest BCUT2D eigenvalue weighted by molar-refractivity contribution is -0.385. The number of methoxy groups -OCH3 is 1. The first-order chi connectivity index (χ1) is 9.60. The number of rotatable bonds is 5. The van der Waals surface area contributed by atoms with Gasteiger partial charge in [-0.1, -0.05) is 6.07 Å². The molecule has 0 heterocycles. The molecule has 0 atom stereocenters. The monoisotopic (exact) mass is 337 g/mol. The van der Waals surface area contributed by atoms with Crippen LogP contribution in [-0.4, -0.2) is 12.0 Å². The minimum atomic E-state index is -0.430. The second kappa shape index (κ2) is 6.38. The lowest BCUT2D eigenvalue weighted by Crippen LogP contribution is -1.97. The van der Waals surface area contributed by atoms with Crippen molar-refractivity contribution in [2.24, 2.45) is 0 Å².